The zero-order valence-corrected chi connectivity index (χ0v) is 10.9. The number of carbonyl (C=O) groups excluding carboxylic acids is 1. The highest BCUT2D eigenvalue weighted by Crippen LogP contribution is 2.21. The third-order valence-corrected chi connectivity index (χ3v) is 2.81. The smallest absolute Gasteiger partial charge is 0.310 e. The monoisotopic (exact) mass is 249 g/mol. The Morgan fingerprint density at radius 2 is 2.18 bits per heavy atom. The lowest BCUT2D eigenvalue weighted by Crippen LogP contribution is -2.08. The molecule has 90 valence electrons. The van der Waals surface area contributed by atoms with E-state index in [4.69, 9.17) is 10.00 Å². The van der Waals surface area contributed by atoms with Crippen LogP contribution in [0.1, 0.15) is 30.5 Å². The first-order valence-electron chi connectivity index (χ1n) is 5.52. The van der Waals surface area contributed by atoms with Crippen molar-refractivity contribution in [3.05, 3.63) is 28.8 Å². The Labute approximate surface area is 107 Å². The number of hydrogen-bond acceptors (Lipinski definition) is 4. The largest absolute Gasteiger partial charge is 0.466 e. The summed E-state index contributed by atoms with van der Waals surface area (Å²) >= 11 is 4.34. The van der Waals surface area contributed by atoms with E-state index in [1.54, 1.807) is 13.0 Å². The maximum Gasteiger partial charge on any atom is 0.310 e. The number of esters is 1. The van der Waals surface area contributed by atoms with Crippen LogP contribution in [0.5, 0.6) is 0 Å². The van der Waals surface area contributed by atoms with Gasteiger partial charge in [0.05, 0.1) is 24.7 Å². The summed E-state index contributed by atoms with van der Waals surface area (Å²) in [5.74, 6) is -0.284. The van der Waals surface area contributed by atoms with Crippen molar-refractivity contribution < 1.29 is 9.53 Å². The molecule has 0 saturated carbocycles. The molecule has 0 heterocycles. The number of rotatable bonds is 4. The minimum absolute atomic E-state index is 0.181. The molecule has 0 aliphatic rings. The van der Waals surface area contributed by atoms with Gasteiger partial charge in [0.1, 0.15) is 0 Å². The van der Waals surface area contributed by atoms with Crippen molar-refractivity contribution >= 4 is 18.6 Å². The summed E-state index contributed by atoms with van der Waals surface area (Å²) in [6.45, 7) is 4.11. The summed E-state index contributed by atoms with van der Waals surface area (Å²) in [6, 6.07) is 5.68. The molecule has 17 heavy (non-hydrogen) atoms. The molecule has 3 nitrogen and oxygen atoms in total. The van der Waals surface area contributed by atoms with E-state index >= 15 is 0 Å². The lowest BCUT2D eigenvalue weighted by atomic mass is 10.0. The van der Waals surface area contributed by atoms with Crippen LogP contribution in [-0.4, -0.2) is 12.6 Å². The summed E-state index contributed by atoms with van der Waals surface area (Å²) in [5, 5.41) is 9.04. The van der Waals surface area contributed by atoms with Gasteiger partial charge in [0.25, 0.3) is 0 Å². The molecule has 0 spiro atoms. The average Bonchev–Trinajstić information content (AvgIpc) is 2.28. The van der Waals surface area contributed by atoms with Crippen LogP contribution in [0.2, 0.25) is 0 Å². The molecule has 0 aliphatic carbocycles. The van der Waals surface area contributed by atoms with Crippen LogP contribution in [0.4, 0.5) is 0 Å². The molecule has 0 N–H and O–H groups in total. The van der Waals surface area contributed by atoms with Gasteiger partial charge in [-0.05, 0) is 36.6 Å². The fraction of sp³-hybridized carbons (Fsp3) is 0.385. The van der Waals surface area contributed by atoms with Gasteiger partial charge in [0.2, 0.25) is 0 Å². The summed E-state index contributed by atoms with van der Waals surface area (Å²) in [4.78, 5) is 12.1. The topological polar surface area (TPSA) is 50.1 Å². The number of carbonyl (C=O) groups is 1. The number of ether oxygens (including phenoxy) is 1. The zero-order valence-electron chi connectivity index (χ0n) is 9.99. The second kappa shape index (κ2) is 6.31. The molecule has 0 radical (unpaired) electrons. The summed E-state index contributed by atoms with van der Waals surface area (Å²) in [7, 11) is 0. The number of thiol groups is 1. The Kier molecular flexibility index (Phi) is 5.05. The van der Waals surface area contributed by atoms with Crippen molar-refractivity contribution in [2.75, 3.05) is 6.61 Å². The molecule has 0 saturated heterocycles. The third kappa shape index (κ3) is 3.50. The maximum absolute atomic E-state index is 11.3. The number of benzene rings is 1. The van der Waals surface area contributed by atoms with Crippen molar-refractivity contribution in [3.63, 3.8) is 0 Å². The van der Waals surface area contributed by atoms with Crippen molar-refractivity contribution in [2.24, 2.45) is 0 Å². The molecule has 0 aromatic heterocycles. The van der Waals surface area contributed by atoms with Crippen LogP contribution in [0.25, 0.3) is 0 Å². The molecule has 1 aromatic carbocycles. The molecule has 4 heteroatoms. The van der Waals surface area contributed by atoms with Gasteiger partial charge in [-0.3, -0.25) is 4.79 Å². The van der Waals surface area contributed by atoms with Crippen molar-refractivity contribution in [3.8, 4) is 6.07 Å². The Bertz CT molecular complexity index is 463. The second-order valence-electron chi connectivity index (χ2n) is 3.59. The highest BCUT2D eigenvalue weighted by atomic mass is 32.1. The van der Waals surface area contributed by atoms with E-state index in [2.05, 4.69) is 18.7 Å². The molecular formula is C13H15NO2S. The zero-order chi connectivity index (χ0) is 12.8. The summed E-state index contributed by atoms with van der Waals surface area (Å²) in [6.07, 6.45) is 0.932. The SMILES string of the molecule is CCOC(=O)Cc1cc(S)c(CC)c(C#N)c1. The van der Waals surface area contributed by atoms with Crippen molar-refractivity contribution in [1.82, 2.24) is 0 Å². The van der Waals surface area contributed by atoms with E-state index < -0.39 is 0 Å². The number of nitriles is 1. The number of nitrogens with zero attached hydrogens (tertiary/aromatic N) is 1. The first kappa shape index (κ1) is 13.6. The Morgan fingerprint density at radius 3 is 2.71 bits per heavy atom. The molecule has 0 bridgehead atoms. The fourth-order valence-corrected chi connectivity index (χ4v) is 2.11. The molecule has 0 atom stereocenters. The third-order valence-electron chi connectivity index (χ3n) is 2.41. The highest BCUT2D eigenvalue weighted by Gasteiger charge is 2.10. The quantitative estimate of drug-likeness (QED) is 0.659. The first-order valence-corrected chi connectivity index (χ1v) is 5.97. The lowest BCUT2D eigenvalue weighted by molar-refractivity contribution is -0.142. The highest BCUT2D eigenvalue weighted by molar-refractivity contribution is 7.80. The van der Waals surface area contributed by atoms with Gasteiger partial charge in [-0.2, -0.15) is 5.26 Å². The van der Waals surface area contributed by atoms with Crippen molar-refractivity contribution in [1.29, 1.82) is 5.26 Å². The van der Waals surface area contributed by atoms with E-state index in [-0.39, 0.29) is 12.4 Å². The molecule has 1 rings (SSSR count). The van der Waals surface area contributed by atoms with Gasteiger partial charge in [-0.15, -0.1) is 12.6 Å². The van der Waals surface area contributed by atoms with Crippen LogP contribution < -0.4 is 0 Å². The number of hydrogen-bond donors (Lipinski definition) is 1. The van der Waals surface area contributed by atoms with Crippen LogP contribution in [-0.2, 0) is 22.4 Å². The Hall–Kier alpha value is -1.47. The maximum atomic E-state index is 11.3. The molecule has 0 aliphatic heterocycles. The second-order valence-corrected chi connectivity index (χ2v) is 4.07. The van der Waals surface area contributed by atoms with E-state index in [0.29, 0.717) is 12.2 Å². The van der Waals surface area contributed by atoms with E-state index in [1.807, 2.05) is 13.0 Å². The Morgan fingerprint density at radius 1 is 1.47 bits per heavy atom. The predicted molar refractivity (Wildman–Crippen MR) is 68.1 cm³/mol. The standard InChI is InChI=1S/C13H15NO2S/c1-3-11-10(8-14)5-9(6-12(11)17)7-13(15)16-4-2/h5-6,17H,3-4,7H2,1-2H3. The van der Waals surface area contributed by atoms with Crippen LogP contribution in [0, 0.1) is 11.3 Å². The first-order chi connectivity index (χ1) is 8.12. The normalized spacial score (nSPS) is 9.76. The minimum atomic E-state index is -0.284. The van der Waals surface area contributed by atoms with E-state index in [0.717, 1.165) is 22.4 Å². The van der Waals surface area contributed by atoms with Gasteiger partial charge in [0.15, 0.2) is 0 Å². The van der Waals surface area contributed by atoms with Gasteiger partial charge in [-0.1, -0.05) is 6.92 Å². The van der Waals surface area contributed by atoms with Gasteiger partial charge >= 0.3 is 5.97 Å². The van der Waals surface area contributed by atoms with Crippen LogP contribution >= 0.6 is 12.6 Å². The van der Waals surface area contributed by atoms with Gasteiger partial charge in [0, 0.05) is 4.90 Å². The van der Waals surface area contributed by atoms with Crippen molar-refractivity contribution in [2.45, 2.75) is 31.6 Å². The molecule has 1 aromatic rings. The van der Waals surface area contributed by atoms with Crippen LogP contribution in [0.3, 0.4) is 0 Å². The minimum Gasteiger partial charge on any atom is -0.466 e. The molecular weight excluding hydrogens is 234 g/mol. The van der Waals surface area contributed by atoms with E-state index in [1.165, 1.54) is 0 Å². The average molecular weight is 249 g/mol. The fourth-order valence-electron chi connectivity index (χ4n) is 1.67. The summed E-state index contributed by atoms with van der Waals surface area (Å²) in [5.41, 5.74) is 2.27. The van der Waals surface area contributed by atoms with Gasteiger partial charge in [-0.25, -0.2) is 0 Å². The summed E-state index contributed by atoms with van der Waals surface area (Å²) < 4.78 is 4.87. The lowest BCUT2D eigenvalue weighted by Gasteiger charge is -2.08. The van der Waals surface area contributed by atoms with E-state index in [9.17, 15) is 4.79 Å². The predicted octanol–water partition coefficient (Wildman–Crippen LogP) is 2.51. The van der Waals surface area contributed by atoms with Gasteiger partial charge < -0.3 is 4.74 Å². The Balaban J connectivity index is 3.00. The molecule has 0 unspecified atom stereocenters. The molecule has 0 amide bonds. The van der Waals surface area contributed by atoms with Crippen LogP contribution in [0.15, 0.2) is 17.0 Å². The molecule has 0 fully saturated rings.